The summed E-state index contributed by atoms with van der Waals surface area (Å²) in [5, 5.41) is 10.9. The predicted octanol–water partition coefficient (Wildman–Crippen LogP) is 0.859. The summed E-state index contributed by atoms with van der Waals surface area (Å²) >= 11 is 0. The van der Waals surface area contributed by atoms with Crippen LogP contribution in [0, 0.1) is 0 Å². The van der Waals surface area contributed by atoms with Gasteiger partial charge in [0.25, 0.3) is 0 Å². The number of aliphatic hydroxyl groups is 1. The Kier molecular flexibility index (Phi) is 5.23. The van der Waals surface area contributed by atoms with Crippen LogP contribution in [0.25, 0.3) is 0 Å². The van der Waals surface area contributed by atoms with Crippen molar-refractivity contribution in [3.63, 3.8) is 0 Å². The van der Waals surface area contributed by atoms with Gasteiger partial charge in [0.05, 0.1) is 5.60 Å². The van der Waals surface area contributed by atoms with Crippen LogP contribution < -0.4 is 0 Å². The molecule has 2 aliphatic rings. The Morgan fingerprint density at radius 2 is 1.84 bits per heavy atom. The molecule has 0 aromatic rings. The number of piperazine rings is 1. The lowest BCUT2D eigenvalue weighted by Gasteiger charge is -2.45. The van der Waals surface area contributed by atoms with Crippen LogP contribution in [0.3, 0.4) is 0 Å². The van der Waals surface area contributed by atoms with Crippen molar-refractivity contribution in [1.29, 1.82) is 0 Å². The van der Waals surface area contributed by atoms with E-state index in [1.807, 2.05) is 0 Å². The monoisotopic (exact) mass is 269 g/mol. The molecular weight excluding hydrogens is 238 g/mol. The third-order valence-electron chi connectivity index (χ3n) is 4.91. The lowest BCUT2D eigenvalue weighted by molar-refractivity contribution is -0.0671. The van der Waals surface area contributed by atoms with Gasteiger partial charge >= 0.3 is 0 Å². The van der Waals surface area contributed by atoms with E-state index in [1.165, 1.54) is 6.42 Å². The Bertz CT molecular complexity index is 279. The number of hydrogen-bond acceptors (Lipinski definition) is 4. The standard InChI is InChI=1S/C15H31N3O/c1-4-14(2)18-7-5-6-15(19,13-18)12-17-10-8-16(3)9-11-17/h14,19H,4-13H2,1-3H3/t14?,15-/m1/s1. The molecule has 2 atom stereocenters. The van der Waals surface area contributed by atoms with Gasteiger partial charge in [0, 0.05) is 45.3 Å². The summed E-state index contributed by atoms with van der Waals surface area (Å²) in [6, 6.07) is 0.597. The summed E-state index contributed by atoms with van der Waals surface area (Å²) in [6.07, 6.45) is 3.27. The minimum absolute atomic E-state index is 0.489. The zero-order chi connectivity index (χ0) is 13.9. The molecule has 0 radical (unpaired) electrons. The average Bonchev–Trinajstić information content (AvgIpc) is 2.40. The predicted molar refractivity (Wildman–Crippen MR) is 79.4 cm³/mol. The van der Waals surface area contributed by atoms with Crippen molar-refractivity contribution in [1.82, 2.24) is 14.7 Å². The summed E-state index contributed by atoms with van der Waals surface area (Å²) in [7, 11) is 2.18. The number of β-amino-alcohol motifs (C(OH)–C–C–N with tert-alkyl or cyclic N) is 1. The van der Waals surface area contributed by atoms with E-state index in [0.717, 1.165) is 58.7 Å². The maximum atomic E-state index is 10.9. The largest absolute Gasteiger partial charge is 0.387 e. The second kappa shape index (κ2) is 6.53. The van der Waals surface area contributed by atoms with Crippen molar-refractivity contribution in [2.75, 3.05) is 52.9 Å². The molecule has 19 heavy (non-hydrogen) atoms. The highest BCUT2D eigenvalue weighted by atomic mass is 16.3. The number of piperidine rings is 1. The molecular formula is C15H31N3O. The van der Waals surface area contributed by atoms with Gasteiger partial charge in [0.1, 0.15) is 0 Å². The summed E-state index contributed by atoms with van der Waals surface area (Å²) in [5.74, 6) is 0. The van der Waals surface area contributed by atoms with E-state index >= 15 is 0 Å². The number of rotatable bonds is 4. The second-order valence-corrected chi connectivity index (χ2v) is 6.64. The van der Waals surface area contributed by atoms with Gasteiger partial charge in [-0.15, -0.1) is 0 Å². The fourth-order valence-corrected chi connectivity index (χ4v) is 3.33. The van der Waals surface area contributed by atoms with Crippen LogP contribution in [0.2, 0.25) is 0 Å². The van der Waals surface area contributed by atoms with Crippen LogP contribution in [0.1, 0.15) is 33.1 Å². The summed E-state index contributed by atoms with van der Waals surface area (Å²) < 4.78 is 0. The van der Waals surface area contributed by atoms with E-state index in [9.17, 15) is 5.11 Å². The maximum absolute atomic E-state index is 10.9. The van der Waals surface area contributed by atoms with Crippen molar-refractivity contribution < 1.29 is 5.11 Å². The molecule has 0 amide bonds. The highest BCUT2D eigenvalue weighted by Gasteiger charge is 2.36. The SMILES string of the molecule is CCC(C)N1CCC[C@@](O)(CN2CCN(C)CC2)C1. The Morgan fingerprint density at radius 3 is 2.47 bits per heavy atom. The number of nitrogens with zero attached hydrogens (tertiary/aromatic N) is 3. The van der Waals surface area contributed by atoms with Crippen LogP contribution in [0.4, 0.5) is 0 Å². The quantitative estimate of drug-likeness (QED) is 0.820. The first-order valence-electron chi connectivity index (χ1n) is 7.90. The molecule has 2 heterocycles. The van der Waals surface area contributed by atoms with Gasteiger partial charge in [-0.05, 0) is 39.8 Å². The first-order chi connectivity index (χ1) is 9.02. The zero-order valence-corrected chi connectivity index (χ0v) is 12.9. The van der Waals surface area contributed by atoms with Gasteiger partial charge in [0.15, 0.2) is 0 Å². The van der Waals surface area contributed by atoms with Crippen molar-refractivity contribution >= 4 is 0 Å². The Balaban J connectivity index is 1.87. The first kappa shape index (κ1) is 15.2. The van der Waals surface area contributed by atoms with Gasteiger partial charge in [-0.2, -0.15) is 0 Å². The molecule has 0 aromatic carbocycles. The minimum Gasteiger partial charge on any atom is -0.387 e. The molecule has 2 fully saturated rings. The molecule has 112 valence electrons. The topological polar surface area (TPSA) is 30.0 Å². The summed E-state index contributed by atoms with van der Waals surface area (Å²) in [4.78, 5) is 7.28. The third kappa shape index (κ3) is 4.15. The van der Waals surface area contributed by atoms with Gasteiger partial charge in [-0.25, -0.2) is 0 Å². The zero-order valence-electron chi connectivity index (χ0n) is 12.9. The molecule has 1 N–H and O–H groups in total. The number of likely N-dealkylation sites (tertiary alicyclic amines) is 1. The molecule has 0 aromatic heterocycles. The van der Waals surface area contributed by atoms with Crippen LogP contribution >= 0.6 is 0 Å². The van der Waals surface area contributed by atoms with Gasteiger partial charge < -0.3 is 10.0 Å². The first-order valence-corrected chi connectivity index (χ1v) is 7.90. The van der Waals surface area contributed by atoms with Crippen LogP contribution in [0.15, 0.2) is 0 Å². The van der Waals surface area contributed by atoms with Crippen LogP contribution in [-0.4, -0.2) is 84.3 Å². The van der Waals surface area contributed by atoms with E-state index in [4.69, 9.17) is 0 Å². The van der Waals surface area contributed by atoms with Gasteiger partial charge in [-0.1, -0.05) is 6.92 Å². The van der Waals surface area contributed by atoms with E-state index in [-0.39, 0.29) is 0 Å². The Labute approximate surface area is 118 Å². The van der Waals surface area contributed by atoms with Crippen LogP contribution in [0.5, 0.6) is 0 Å². The normalized spacial score (nSPS) is 33.5. The molecule has 0 saturated carbocycles. The van der Waals surface area contributed by atoms with Crippen LogP contribution in [-0.2, 0) is 0 Å². The van der Waals surface area contributed by atoms with Crippen molar-refractivity contribution in [2.24, 2.45) is 0 Å². The third-order valence-corrected chi connectivity index (χ3v) is 4.91. The molecule has 2 rings (SSSR count). The lowest BCUT2D eigenvalue weighted by Crippen LogP contribution is -2.58. The Morgan fingerprint density at radius 1 is 1.16 bits per heavy atom. The number of hydrogen-bond donors (Lipinski definition) is 1. The van der Waals surface area contributed by atoms with E-state index in [1.54, 1.807) is 0 Å². The second-order valence-electron chi connectivity index (χ2n) is 6.64. The van der Waals surface area contributed by atoms with Crippen molar-refractivity contribution in [3.05, 3.63) is 0 Å². The fraction of sp³-hybridized carbons (Fsp3) is 1.00. The molecule has 0 spiro atoms. The minimum atomic E-state index is -0.489. The van der Waals surface area contributed by atoms with Gasteiger partial charge in [0.2, 0.25) is 0 Å². The Hall–Kier alpha value is -0.160. The highest BCUT2D eigenvalue weighted by molar-refractivity contribution is 4.92. The highest BCUT2D eigenvalue weighted by Crippen LogP contribution is 2.24. The molecule has 1 unspecified atom stereocenters. The van der Waals surface area contributed by atoms with Crippen molar-refractivity contribution in [2.45, 2.75) is 44.8 Å². The number of likely N-dealkylation sites (N-methyl/N-ethyl adjacent to an activating group) is 1. The van der Waals surface area contributed by atoms with Crippen molar-refractivity contribution in [3.8, 4) is 0 Å². The van der Waals surface area contributed by atoms with E-state index < -0.39 is 5.60 Å². The lowest BCUT2D eigenvalue weighted by atomic mass is 9.90. The molecule has 4 heteroatoms. The fourth-order valence-electron chi connectivity index (χ4n) is 3.33. The molecule has 4 nitrogen and oxygen atoms in total. The molecule has 2 saturated heterocycles. The summed E-state index contributed by atoms with van der Waals surface area (Å²) in [6.45, 7) is 11.8. The van der Waals surface area contributed by atoms with E-state index in [2.05, 4.69) is 35.6 Å². The van der Waals surface area contributed by atoms with Gasteiger partial charge in [-0.3, -0.25) is 9.80 Å². The molecule has 0 aliphatic carbocycles. The average molecular weight is 269 g/mol. The van der Waals surface area contributed by atoms with E-state index in [0.29, 0.717) is 6.04 Å². The maximum Gasteiger partial charge on any atom is 0.0900 e. The molecule has 2 aliphatic heterocycles. The summed E-state index contributed by atoms with van der Waals surface area (Å²) in [5.41, 5.74) is -0.489. The molecule has 0 bridgehead atoms. The smallest absolute Gasteiger partial charge is 0.0900 e.